The first kappa shape index (κ1) is 20.2. The van der Waals surface area contributed by atoms with Gasteiger partial charge in [0.2, 0.25) is 5.95 Å². The van der Waals surface area contributed by atoms with E-state index >= 15 is 0 Å². The highest BCUT2D eigenvalue weighted by molar-refractivity contribution is 6.31. The van der Waals surface area contributed by atoms with Crippen LogP contribution in [0.5, 0.6) is 0 Å². The number of piperidine rings is 1. The van der Waals surface area contributed by atoms with Crippen molar-refractivity contribution in [3.05, 3.63) is 57.4 Å². The third kappa shape index (κ3) is 3.99. The summed E-state index contributed by atoms with van der Waals surface area (Å²) in [4.78, 5) is 7.45. The average molecular weight is 415 g/mol. The number of rotatable bonds is 5. The summed E-state index contributed by atoms with van der Waals surface area (Å²) in [5, 5.41) is 3.93. The Labute approximate surface area is 176 Å². The molecule has 2 heterocycles. The van der Waals surface area contributed by atoms with Gasteiger partial charge in [0.25, 0.3) is 0 Å². The van der Waals surface area contributed by atoms with Gasteiger partial charge in [-0.2, -0.15) is 0 Å². The third-order valence-corrected chi connectivity index (χ3v) is 5.94. The van der Waals surface area contributed by atoms with Gasteiger partial charge in [0.15, 0.2) is 0 Å². The smallest absolute Gasteiger partial charge is 0.206 e. The predicted molar refractivity (Wildman–Crippen MR) is 119 cm³/mol. The summed E-state index contributed by atoms with van der Waals surface area (Å²) in [5.41, 5.74) is 5.55. The Kier molecular flexibility index (Phi) is 5.79. The van der Waals surface area contributed by atoms with E-state index < -0.39 is 0 Å². The van der Waals surface area contributed by atoms with E-state index in [2.05, 4.69) is 14.8 Å². The average Bonchev–Trinajstić information content (AvgIpc) is 3.05. The Hall–Kier alpha value is -2.11. The summed E-state index contributed by atoms with van der Waals surface area (Å²) in [7, 11) is 1.93. The molecule has 0 amide bonds. The molecule has 29 heavy (non-hydrogen) atoms. The van der Waals surface area contributed by atoms with Crippen LogP contribution in [0.15, 0.2) is 24.3 Å². The molecule has 1 aliphatic heterocycles. The number of nitrogens with one attached hydrogen (secondary N) is 1. The molecule has 1 N–H and O–H groups in total. The molecule has 4 rings (SSSR count). The van der Waals surface area contributed by atoms with E-state index in [0.29, 0.717) is 29.2 Å². The van der Waals surface area contributed by atoms with Crippen molar-refractivity contribution in [1.82, 2.24) is 14.9 Å². The molecule has 1 aromatic heterocycles. The molecule has 154 valence electrons. The Balaban J connectivity index is 1.87. The highest BCUT2D eigenvalue weighted by Gasteiger charge is 2.21. The lowest BCUT2D eigenvalue weighted by molar-refractivity contribution is 0.560. The fourth-order valence-corrected chi connectivity index (χ4v) is 4.60. The van der Waals surface area contributed by atoms with Gasteiger partial charge in [0.05, 0.1) is 17.6 Å². The van der Waals surface area contributed by atoms with Crippen LogP contribution in [0.3, 0.4) is 0 Å². The van der Waals surface area contributed by atoms with Crippen LogP contribution in [0, 0.1) is 19.7 Å². The minimum Gasteiger partial charge on any atom is -0.342 e. The van der Waals surface area contributed by atoms with E-state index in [-0.39, 0.29) is 5.82 Å². The monoisotopic (exact) mass is 414 g/mol. The second-order valence-corrected chi connectivity index (χ2v) is 8.49. The maximum absolute atomic E-state index is 14.2. The Morgan fingerprint density at radius 2 is 1.76 bits per heavy atom. The van der Waals surface area contributed by atoms with Crippen LogP contribution in [-0.2, 0) is 13.1 Å². The second kappa shape index (κ2) is 8.33. The topological polar surface area (TPSA) is 33.1 Å². The Bertz CT molecular complexity index is 1010. The van der Waals surface area contributed by atoms with Crippen LogP contribution in [0.1, 0.15) is 41.5 Å². The van der Waals surface area contributed by atoms with Crippen LogP contribution in [-0.4, -0.2) is 29.7 Å². The first-order valence-corrected chi connectivity index (χ1v) is 10.7. The van der Waals surface area contributed by atoms with Crippen LogP contribution in [0.4, 0.5) is 10.3 Å². The van der Waals surface area contributed by atoms with Crippen molar-refractivity contribution in [2.45, 2.75) is 46.2 Å². The van der Waals surface area contributed by atoms with E-state index in [0.717, 1.165) is 41.2 Å². The van der Waals surface area contributed by atoms with E-state index in [9.17, 15) is 4.39 Å². The first-order valence-electron chi connectivity index (χ1n) is 10.3. The molecule has 3 aromatic rings. The molecular formula is C23H28ClFN4. The van der Waals surface area contributed by atoms with Crippen molar-refractivity contribution >= 4 is 28.6 Å². The van der Waals surface area contributed by atoms with E-state index in [1.54, 1.807) is 0 Å². The number of imidazole rings is 1. The van der Waals surface area contributed by atoms with Crippen molar-refractivity contribution < 1.29 is 4.39 Å². The van der Waals surface area contributed by atoms with Crippen molar-refractivity contribution in [3.63, 3.8) is 0 Å². The molecule has 0 bridgehead atoms. The van der Waals surface area contributed by atoms with Gasteiger partial charge in [-0.1, -0.05) is 23.7 Å². The van der Waals surface area contributed by atoms with Crippen LogP contribution in [0.25, 0.3) is 11.0 Å². The number of nitrogens with zero attached hydrogens (tertiary/aromatic N) is 3. The third-order valence-electron chi connectivity index (χ3n) is 5.72. The number of fused-ring (bicyclic) bond motifs is 1. The fraction of sp³-hybridized carbons (Fsp3) is 0.435. The number of hydrogen-bond donors (Lipinski definition) is 1. The van der Waals surface area contributed by atoms with Gasteiger partial charge >= 0.3 is 0 Å². The Morgan fingerprint density at radius 1 is 1.07 bits per heavy atom. The molecule has 1 saturated heterocycles. The fourth-order valence-electron chi connectivity index (χ4n) is 4.37. The quantitative estimate of drug-likeness (QED) is 0.622. The number of hydrogen-bond acceptors (Lipinski definition) is 3. The lowest BCUT2D eigenvalue weighted by atomic mass is 10.1. The highest BCUT2D eigenvalue weighted by Crippen LogP contribution is 2.31. The van der Waals surface area contributed by atoms with E-state index in [4.69, 9.17) is 16.6 Å². The maximum Gasteiger partial charge on any atom is 0.206 e. The number of benzene rings is 2. The summed E-state index contributed by atoms with van der Waals surface area (Å²) in [6.45, 7) is 7.03. The van der Waals surface area contributed by atoms with Crippen molar-refractivity contribution in [2.75, 3.05) is 25.0 Å². The molecule has 0 saturated carbocycles. The molecule has 0 unspecified atom stereocenters. The minimum absolute atomic E-state index is 0.125. The van der Waals surface area contributed by atoms with Crippen LogP contribution < -0.4 is 10.2 Å². The highest BCUT2D eigenvalue weighted by atomic mass is 35.5. The number of anilines is 1. The SMILES string of the molecule is CNCc1cc(Cl)cc2c1nc(N1CCCCC1)n2Cc1cc(C)c(F)c(C)c1. The summed E-state index contributed by atoms with van der Waals surface area (Å²) in [6, 6.07) is 7.87. The zero-order valence-electron chi connectivity index (χ0n) is 17.4. The molecular weight excluding hydrogens is 387 g/mol. The van der Waals surface area contributed by atoms with Crippen molar-refractivity contribution in [1.29, 1.82) is 0 Å². The van der Waals surface area contributed by atoms with Gasteiger partial charge in [-0.3, -0.25) is 0 Å². The largest absolute Gasteiger partial charge is 0.342 e. The zero-order valence-corrected chi connectivity index (χ0v) is 18.1. The molecule has 1 aliphatic rings. The second-order valence-electron chi connectivity index (χ2n) is 8.05. The lowest BCUT2D eigenvalue weighted by Gasteiger charge is -2.28. The molecule has 6 heteroatoms. The van der Waals surface area contributed by atoms with Crippen molar-refractivity contribution in [2.24, 2.45) is 0 Å². The molecule has 2 aromatic carbocycles. The first-order chi connectivity index (χ1) is 14.0. The van der Waals surface area contributed by atoms with Crippen LogP contribution >= 0.6 is 11.6 Å². The van der Waals surface area contributed by atoms with Gasteiger partial charge in [-0.25, -0.2) is 9.37 Å². The summed E-state index contributed by atoms with van der Waals surface area (Å²) in [6.07, 6.45) is 3.63. The summed E-state index contributed by atoms with van der Waals surface area (Å²) in [5.74, 6) is 0.860. The molecule has 0 radical (unpaired) electrons. The van der Waals surface area contributed by atoms with Gasteiger partial charge in [-0.15, -0.1) is 0 Å². The van der Waals surface area contributed by atoms with Crippen molar-refractivity contribution in [3.8, 4) is 0 Å². The standard InChI is InChI=1S/C23H28ClFN4/c1-15-9-17(10-16(2)21(15)25)14-29-20-12-19(24)11-18(13-26-3)22(20)27-23(29)28-7-5-4-6-8-28/h9-12,26H,4-8,13-14H2,1-3H3. The van der Waals surface area contributed by atoms with Gasteiger partial charge in [-0.05, 0) is 74.5 Å². The molecule has 0 aliphatic carbocycles. The summed E-state index contributed by atoms with van der Waals surface area (Å²) >= 11 is 6.47. The number of aromatic nitrogens is 2. The normalized spacial score (nSPS) is 14.7. The summed E-state index contributed by atoms with van der Waals surface area (Å²) < 4.78 is 16.4. The van der Waals surface area contributed by atoms with Gasteiger partial charge in [0.1, 0.15) is 5.82 Å². The maximum atomic E-state index is 14.2. The molecule has 0 spiro atoms. The number of halogens is 2. The van der Waals surface area contributed by atoms with E-state index in [1.807, 2.05) is 45.2 Å². The van der Waals surface area contributed by atoms with Gasteiger partial charge in [0, 0.05) is 24.7 Å². The Morgan fingerprint density at radius 3 is 2.41 bits per heavy atom. The van der Waals surface area contributed by atoms with E-state index in [1.165, 1.54) is 19.3 Å². The minimum atomic E-state index is -0.125. The van der Waals surface area contributed by atoms with Crippen LogP contribution in [0.2, 0.25) is 5.02 Å². The van der Waals surface area contributed by atoms with Gasteiger partial charge < -0.3 is 14.8 Å². The lowest BCUT2D eigenvalue weighted by Crippen LogP contribution is -2.32. The number of aryl methyl sites for hydroxylation is 2. The predicted octanol–water partition coefficient (Wildman–Crippen LogP) is 5.20. The molecule has 1 fully saturated rings. The zero-order chi connectivity index (χ0) is 20.5. The molecule has 4 nitrogen and oxygen atoms in total. The molecule has 0 atom stereocenters.